The van der Waals surface area contributed by atoms with E-state index in [0.29, 0.717) is 16.7 Å². The molecule has 2 atom stereocenters. The van der Waals surface area contributed by atoms with E-state index in [9.17, 15) is 10.1 Å². The van der Waals surface area contributed by atoms with Crippen LogP contribution >= 0.6 is 0 Å². The first-order valence-corrected chi connectivity index (χ1v) is 17.4. The lowest BCUT2D eigenvalue weighted by Gasteiger charge is -2.38. The average molecular weight is 448 g/mol. The molecule has 0 radical (unpaired) electrons. The molecule has 0 saturated carbocycles. The number of nitro groups is 1. The van der Waals surface area contributed by atoms with E-state index < -0.39 is 16.6 Å². The Morgan fingerprint density at radius 1 is 1.00 bits per heavy atom. The molecule has 2 aromatic carbocycles. The summed E-state index contributed by atoms with van der Waals surface area (Å²) >= 11 is 0. The molecule has 0 N–H and O–H groups in total. The van der Waals surface area contributed by atoms with E-state index in [1.54, 1.807) is 12.1 Å². The molecule has 0 aliphatic carbocycles. The number of hydrogen-bond donors (Lipinski definition) is 0. The smallest absolute Gasteiger partial charge is 0.318 e. The third-order valence-electron chi connectivity index (χ3n) is 5.49. The van der Waals surface area contributed by atoms with E-state index >= 15 is 0 Å². The zero-order valence-electron chi connectivity index (χ0n) is 19.5. The second-order valence-corrected chi connectivity index (χ2v) is 18.8. The second-order valence-electron chi connectivity index (χ2n) is 9.70. The molecular formula is C23H37NO4Si2. The maximum atomic E-state index is 11.8. The molecule has 2 aromatic rings. The van der Waals surface area contributed by atoms with Crippen LogP contribution in [0.4, 0.5) is 5.69 Å². The molecule has 30 heavy (non-hydrogen) atoms. The number of ether oxygens (including phenoxy) is 1. The SMILES string of the molecule is CCCC(CCC(C)Oc1ccc2ccccc2c1[N+](=O)[O-])[Si](C)(C)O[Si](C)(C)C. The molecule has 0 amide bonds. The van der Waals surface area contributed by atoms with Crippen molar-refractivity contribution in [1.29, 1.82) is 0 Å². The highest BCUT2D eigenvalue weighted by molar-refractivity contribution is 6.85. The Balaban J connectivity index is 2.13. The van der Waals surface area contributed by atoms with Crippen LogP contribution in [0.2, 0.25) is 38.3 Å². The molecule has 0 fully saturated rings. The van der Waals surface area contributed by atoms with Gasteiger partial charge in [-0.2, -0.15) is 0 Å². The predicted molar refractivity (Wildman–Crippen MR) is 130 cm³/mol. The van der Waals surface area contributed by atoms with Gasteiger partial charge in [0.05, 0.1) is 16.4 Å². The number of hydrogen-bond acceptors (Lipinski definition) is 4. The summed E-state index contributed by atoms with van der Waals surface area (Å²) in [5.74, 6) is 0.355. The molecule has 0 aliphatic heterocycles. The standard InChI is InChI=1S/C23H37NO4Si2/c1-8-11-20(30(6,7)28-29(3,4)5)16-14-18(2)27-22-17-15-19-12-9-10-13-21(19)23(22)24(25)26/h9-10,12-13,15,17-18,20H,8,11,14,16H2,1-7H3. The fraction of sp³-hybridized carbons (Fsp3) is 0.565. The molecule has 0 spiro atoms. The normalized spacial score (nSPS) is 14.5. The minimum Gasteiger partial charge on any atom is -0.484 e. The molecule has 0 aromatic heterocycles. The second kappa shape index (κ2) is 10.1. The van der Waals surface area contributed by atoms with Crippen LogP contribution in [0.15, 0.2) is 36.4 Å². The van der Waals surface area contributed by atoms with Crippen LogP contribution in [0.5, 0.6) is 5.75 Å². The van der Waals surface area contributed by atoms with Crippen LogP contribution in [0, 0.1) is 10.1 Å². The van der Waals surface area contributed by atoms with E-state index in [0.717, 1.165) is 31.1 Å². The molecular weight excluding hydrogens is 410 g/mol. The van der Waals surface area contributed by atoms with E-state index in [4.69, 9.17) is 8.85 Å². The number of rotatable bonds is 11. The lowest BCUT2D eigenvalue weighted by atomic mass is 10.1. The van der Waals surface area contributed by atoms with Gasteiger partial charge >= 0.3 is 5.69 Å². The van der Waals surface area contributed by atoms with Crippen molar-refractivity contribution in [3.63, 3.8) is 0 Å². The van der Waals surface area contributed by atoms with Gasteiger partial charge in [-0.25, -0.2) is 0 Å². The topological polar surface area (TPSA) is 61.6 Å². The van der Waals surface area contributed by atoms with Gasteiger partial charge in [0.25, 0.3) is 0 Å². The van der Waals surface area contributed by atoms with Crippen molar-refractivity contribution in [2.45, 2.75) is 83.9 Å². The molecule has 0 aliphatic rings. The Bertz CT molecular complexity index is 864. The van der Waals surface area contributed by atoms with Gasteiger partial charge in [0.2, 0.25) is 0 Å². The Morgan fingerprint density at radius 2 is 1.67 bits per heavy atom. The van der Waals surface area contributed by atoms with Gasteiger partial charge in [0.1, 0.15) is 0 Å². The van der Waals surface area contributed by atoms with Crippen LogP contribution < -0.4 is 4.74 Å². The Labute approximate surface area is 183 Å². The molecule has 0 bridgehead atoms. The van der Waals surface area contributed by atoms with Crippen molar-refractivity contribution < 1.29 is 13.8 Å². The summed E-state index contributed by atoms with van der Waals surface area (Å²) in [7, 11) is -3.41. The largest absolute Gasteiger partial charge is 0.484 e. The third-order valence-corrected chi connectivity index (χ3v) is 12.6. The maximum Gasteiger partial charge on any atom is 0.318 e. The summed E-state index contributed by atoms with van der Waals surface area (Å²) in [6.07, 6.45) is 4.09. The van der Waals surface area contributed by atoms with Crippen molar-refractivity contribution in [3.8, 4) is 5.75 Å². The lowest BCUT2D eigenvalue weighted by Crippen LogP contribution is -2.46. The fourth-order valence-electron chi connectivity index (χ4n) is 4.29. The van der Waals surface area contributed by atoms with Crippen LogP contribution in [-0.2, 0) is 4.12 Å². The van der Waals surface area contributed by atoms with Gasteiger partial charge in [-0.3, -0.25) is 10.1 Å². The zero-order chi connectivity index (χ0) is 22.5. The number of benzene rings is 2. The van der Waals surface area contributed by atoms with E-state index in [1.807, 2.05) is 31.2 Å². The molecule has 2 unspecified atom stereocenters. The van der Waals surface area contributed by atoms with Gasteiger partial charge in [-0.1, -0.05) is 44.0 Å². The summed E-state index contributed by atoms with van der Waals surface area (Å²) in [6.45, 7) is 15.7. The van der Waals surface area contributed by atoms with Crippen LogP contribution in [0.25, 0.3) is 10.8 Å². The van der Waals surface area contributed by atoms with Gasteiger partial charge in [0.15, 0.2) is 22.4 Å². The highest BCUT2D eigenvalue weighted by Gasteiger charge is 2.37. The Morgan fingerprint density at radius 3 is 2.27 bits per heavy atom. The Kier molecular flexibility index (Phi) is 8.24. The monoisotopic (exact) mass is 447 g/mol. The zero-order valence-corrected chi connectivity index (χ0v) is 21.5. The first-order chi connectivity index (χ1) is 13.9. The number of nitrogens with zero attached hydrogens (tertiary/aromatic N) is 1. The minimum atomic E-state index is -1.82. The summed E-state index contributed by atoms with van der Waals surface area (Å²) in [4.78, 5) is 11.4. The highest BCUT2D eigenvalue weighted by atomic mass is 28.4. The van der Waals surface area contributed by atoms with E-state index in [2.05, 4.69) is 39.7 Å². The maximum absolute atomic E-state index is 11.8. The highest BCUT2D eigenvalue weighted by Crippen LogP contribution is 2.38. The summed E-state index contributed by atoms with van der Waals surface area (Å²) in [5.41, 5.74) is 0.619. The van der Waals surface area contributed by atoms with Crippen molar-refractivity contribution >= 4 is 33.1 Å². The number of nitro benzene ring substituents is 1. The fourth-order valence-corrected chi connectivity index (χ4v) is 13.1. The van der Waals surface area contributed by atoms with Crippen molar-refractivity contribution in [2.75, 3.05) is 0 Å². The minimum absolute atomic E-state index is 0.0572. The number of fused-ring (bicyclic) bond motifs is 1. The van der Waals surface area contributed by atoms with Gasteiger partial charge < -0.3 is 8.85 Å². The molecule has 7 heteroatoms. The molecule has 2 rings (SSSR count). The van der Waals surface area contributed by atoms with Gasteiger partial charge in [-0.15, -0.1) is 0 Å². The lowest BCUT2D eigenvalue weighted by molar-refractivity contribution is -0.384. The predicted octanol–water partition coefficient (Wildman–Crippen LogP) is 7.52. The van der Waals surface area contributed by atoms with Crippen molar-refractivity contribution in [2.24, 2.45) is 0 Å². The first-order valence-electron chi connectivity index (χ1n) is 11.0. The van der Waals surface area contributed by atoms with Crippen LogP contribution in [0.3, 0.4) is 0 Å². The van der Waals surface area contributed by atoms with Crippen LogP contribution in [0.1, 0.15) is 39.5 Å². The Hall–Kier alpha value is -1.71. The molecule has 166 valence electrons. The first kappa shape index (κ1) is 24.6. The third kappa shape index (κ3) is 6.65. The van der Waals surface area contributed by atoms with Crippen molar-refractivity contribution in [1.82, 2.24) is 0 Å². The van der Waals surface area contributed by atoms with Crippen molar-refractivity contribution in [3.05, 3.63) is 46.5 Å². The summed E-state index contributed by atoms with van der Waals surface area (Å²) in [5, 5.41) is 13.2. The van der Waals surface area contributed by atoms with Gasteiger partial charge in [-0.05, 0) is 75.6 Å². The summed E-state index contributed by atoms with van der Waals surface area (Å²) < 4.78 is 12.7. The molecule has 0 heterocycles. The molecule has 5 nitrogen and oxygen atoms in total. The summed E-state index contributed by atoms with van der Waals surface area (Å²) in [6, 6.07) is 11.0. The van der Waals surface area contributed by atoms with Gasteiger partial charge in [0, 0.05) is 0 Å². The molecule has 0 saturated heterocycles. The average Bonchev–Trinajstić information content (AvgIpc) is 2.62. The van der Waals surface area contributed by atoms with E-state index in [1.165, 1.54) is 0 Å². The van der Waals surface area contributed by atoms with E-state index in [-0.39, 0.29) is 16.7 Å². The quantitative estimate of drug-likeness (QED) is 0.203. The van der Waals surface area contributed by atoms with Crippen LogP contribution in [-0.4, -0.2) is 27.7 Å².